The SMILES string of the molecule is Cc1ccc(-c2cc(Br)ccc2OCc2ccccc2F)n1-c1cccc(C(=O)O)n1. The van der Waals surface area contributed by atoms with Crippen molar-refractivity contribution in [1.82, 2.24) is 9.55 Å². The van der Waals surface area contributed by atoms with Crippen LogP contribution in [0.25, 0.3) is 17.1 Å². The fourth-order valence-corrected chi connectivity index (χ4v) is 3.68. The highest BCUT2D eigenvalue weighted by Gasteiger charge is 2.17. The summed E-state index contributed by atoms with van der Waals surface area (Å²) in [6.45, 7) is 1.99. The Morgan fingerprint density at radius 3 is 2.68 bits per heavy atom. The number of pyridine rings is 1. The van der Waals surface area contributed by atoms with Gasteiger partial charge in [-0.1, -0.05) is 40.2 Å². The molecule has 7 heteroatoms. The number of halogens is 2. The van der Waals surface area contributed by atoms with E-state index in [1.807, 2.05) is 41.8 Å². The van der Waals surface area contributed by atoms with Crippen LogP contribution in [0.4, 0.5) is 4.39 Å². The number of carbonyl (C=O) groups is 1. The molecule has 0 aliphatic heterocycles. The van der Waals surface area contributed by atoms with Crippen LogP contribution in [-0.4, -0.2) is 20.6 Å². The molecule has 4 aromatic rings. The minimum Gasteiger partial charge on any atom is -0.488 e. The number of carboxylic acid groups (broad SMARTS) is 1. The Morgan fingerprint density at radius 2 is 1.90 bits per heavy atom. The van der Waals surface area contributed by atoms with Crippen LogP contribution in [-0.2, 0) is 6.61 Å². The molecule has 156 valence electrons. The normalized spacial score (nSPS) is 10.8. The molecule has 4 rings (SSSR count). The Hall–Kier alpha value is -3.45. The molecule has 2 aromatic heterocycles. The number of rotatable bonds is 6. The Balaban J connectivity index is 1.77. The molecule has 2 heterocycles. The highest BCUT2D eigenvalue weighted by Crippen LogP contribution is 2.36. The molecule has 31 heavy (non-hydrogen) atoms. The molecule has 1 N–H and O–H groups in total. The van der Waals surface area contributed by atoms with E-state index in [0.29, 0.717) is 17.1 Å². The van der Waals surface area contributed by atoms with Crippen molar-refractivity contribution >= 4 is 21.9 Å². The van der Waals surface area contributed by atoms with Gasteiger partial charge in [0.05, 0.1) is 5.69 Å². The maximum atomic E-state index is 14.0. The second-order valence-electron chi connectivity index (χ2n) is 6.90. The molecule has 2 aromatic carbocycles. The first kappa shape index (κ1) is 20.8. The van der Waals surface area contributed by atoms with Gasteiger partial charge in [0.25, 0.3) is 0 Å². The summed E-state index contributed by atoms with van der Waals surface area (Å²) in [5.41, 5.74) is 2.84. The summed E-state index contributed by atoms with van der Waals surface area (Å²) in [6, 6.07) is 20.8. The van der Waals surface area contributed by atoms with Crippen molar-refractivity contribution in [1.29, 1.82) is 0 Å². The van der Waals surface area contributed by atoms with E-state index in [0.717, 1.165) is 21.4 Å². The van der Waals surface area contributed by atoms with Crippen LogP contribution in [0.3, 0.4) is 0 Å². The van der Waals surface area contributed by atoms with E-state index in [2.05, 4.69) is 20.9 Å². The zero-order chi connectivity index (χ0) is 22.0. The number of hydrogen-bond donors (Lipinski definition) is 1. The molecule has 0 bridgehead atoms. The lowest BCUT2D eigenvalue weighted by molar-refractivity contribution is 0.0690. The lowest BCUT2D eigenvalue weighted by Crippen LogP contribution is -2.07. The van der Waals surface area contributed by atoms with Crippen molar-refractivity contribution in [3.63, 3.8) is 0 Å². The highest BCUT2D eigenvalue weighted by atomic mass is 79.9. The van der Waals surface area contributed by atoms with E-state index < -0.39 is 5.97 Å². The van der Waals surface area contributed by atoms with Gasteiger partial charge in [0.15, 0.2) is 5.69 Å². The highest BCUT2D eigenvalue weighted by molar-refractivity contribution is 9.10. The lowest BCUT2D eigenvalue weighted by atomic mass is 10.1. The fraction of sp³-hybridized carbons (Fsp3) is 0.0833. The number of aromatic nitrogens is 2. The van der Waals surface area contributed by atoms with E-state index in [9.17, 15) is 14.3 Å². The second kappa shape index (κ2) is 8.73. The van der Waals surface area contributed by atoms with E-state index in [4.69, 9.17) is 4.74 Å². The van der Waals surface area contributed by atoms with Crippen LogP contribution in [0.15, 0.2) is 77.3 Å². The second-order valence-corrected chi connectivity index (χ2v) is 7.82. The van der Waals surface area contributed by atoms with Crippen molar-refractivity contribution in [2.24, 2.45) is 0 Å². The maximum Gasteiger partial charge on any atom is 0.354 e. The third-order valence-corrected chi connectivity index (χ3v) is 5.31. The molecule has 0 aliphatic rings. The monoisotopic (exact) mass is 480 g/mol. The molecule has 0 atom stereocenters. The molecule has 0 unspecified atom stereocenters. The largest absolute Gasteiger partial charge is 0.488 e. The Labute approximate surface area is 186 Å². The third-order valence-electron chi connectivity index (χ3n) is 4.82. The summed E-state index contributed by atoms with van der Waals surface area (Å²) in [4.78, 5) is 15.7. The van der Waals surface area contributed by atoms with Crippen molar-refractivity contribution in [2.75, 3.05) is 0 Å². The number of nitrogens with zero attached hydrogens (tertiary/aromatic N) is 2. The van der Waals surface area contributed by atoms with Crippen LogP contribution in [0.2, 0.25) is 0 Å². The Kier molecular flexibility index (Phi) is 5.86. The fourth-order valence-electron chi connectivity index (χ4n) is 3.32. The molecule has 0 saturated heterocycles. The zero-order valence-electron chi connectivity index (χ0n) is 16.5. The van der Waals surface area contributed by atoms with Crippen molar-refractivity contribution in [3.05, 3.63) is 100 Å². The van der Waals surface area contributed by atoms with E-state index >= 15 is 0 Å². The first-order chi connectivity index (χ1) is 14.9. The van der Waals surface area contributed by atoms with Crippen molar-refractivity contribution in [2.45, 2.75) is 13.5 Å². The number of hydrogen-bond acceptors (Lipinski definition) is 3. The minimum atomic E-state index is -1.09. The average molecular weight is 481 g/mol. The van der Waals surface area contributed by atoms with Gasteiger partial charge in [-0.15, -0.1) is 0 Å². The predicted octanol–water partition coefficient (Wildman–Crippen LogP) is 6.03. The molecule has 0 saturated carbocycles. The van der Waals surface area contributed by atoms with Crippen molar-refractivity contribution in [3.8, 4) is 22.8 Å². The van der Waals surface area contributed by atoms with Gasteiger partial charge in [0.2, 0.25) is 0 Å². The smallest absolute Gasteiger partial charge is 0.354 e. The summed E-state index contributed by atoms with van der Waals surface area (Å²) < 4.78 is 22.7. The summed E-state index contributed by atoms with van der Waals surface area (Å²) >= 11 is 3.50. The lowest BCUT2D eigenvalue weighted by Gasteiger charge is -2.16. The van der Waals surface area contributed by atoms with Gasteiger partial charge in [-0.05, 0) is 55.5 Å². The van der Waals surface area contributed by atoms with Gasteiger partial charge in [-0.3, -0.25) is 4.57 Å². The van der Waals surface area contributed by atoms with E-state index in [1.165, 1.54) is 12.1 Å². The third kappa shape index (κ3) is 4.36. The summed E-state index contributed by atoms with van der Waals surface area (Å²) in [5, 5.41) is 9.31. The van der Waals surface area contributed by atoms with Gasteiger partial charge in [0.1, 0.15) is 24.0 Å². The first-order valence-electron chi connectivity index (χ1n) is 9.49. The van der Waals surface area contributed by atoms with Crippen LogP contribution in [0.5, 0.6) is 5.75 Å². The maximum absolute atomic E-state index is 14.0. The predicted molar refractivity (Wildman–Crippen MR) is 119 cm³/mol. The number of ether oxygens (including phenoxy) is 1. The molecular weight excluding hydrogens is 463 g/mol. The van der Waals surface area contributed by atoms with Crippen molar-refractivity contribution < 1.29 is 19.0 Å². The molecule has 0 spiro atoms. The molecular formula is C24H18BrFN2O3. The number of benzene rings is 2. The molecule has 0 aliphatic carbocycles. The van der Waals surface area contributed by atoms with Gasteiger partial charge >= 0.3 is 5.97 Å². The number of aromatic carboxylic acids is 1. The Bertz CT molecular complexity index is 1270. The Morgan fingerprint density at radius 1 is 1.10 bits per heavy atom. The number of aryl methyl sites for hydroxylation is 1. The molecule has 0 amide bonds. The van der Waals surface area contributed by atoms with E-state index in [-0.39, 0.29) is 18.1 Å². The van der Waals surface area contributed by atoms with Gasteiger partial charge in [-0.25, -0.2) is 14.2 Å². The van der Waals surface area contributed by atoms with Crippen LogP contribution in [0.1, 0.15) is 21.7 Å². The molecule has 0 fully saturated rings. The molecule has 0 radical (unpaired) electrons. The molecule has 5 nitrogen and oxygen atoms in total. The topological polar surface area (TPSA) is 64.3 Å². The van der Waals surface area contributed by atoms with Crippen LogP contribution >= 0.6 is 15.9 Å². The van der Waals surface area contributed by atoms with Gasteiger partial charge in [0, 0.05) is 21.3 Å². The number of carboxylic acids is 1. The zero-order valence-corrected chi connectivity index (χ0v) is 18.1. The first-order valence-corrected chi connectivity index (χ1v) is 10.3. The summed E-state index contributed by atoms with van der Waals surface area (Å²) in [7, 11) is 0. The van der Waals surface area contributed by atoms with Gasteiger partial charge in [-0.2, -0.15) is 0 Å². The van der Waals surface area contributed by atoms with E-state index in [1.54, 1.807) is 30.3 Å². The summed E-state index contributed by atoms with van der Waals surface area (Å²) in [5.74, 6) is -0.364. The van der Waals surface area contributed by atoms with Crippen LogP contribution in [0, 0.1) is 12.7 Å². The van der Waals surface area contributed by atoms with Crippen LogP contribution < -0.4 is 4.74 Å². The average Bonchev–Trinajstić information content (AvgIpc) is 3.15. The minimum absolute atomic E-state index is 0.0400. The summed E-state index contributed by atoms with van der Waals surface area (Å²) in [6.07, 6.45) is 0. The quantitative estimate of drug-likeness (QED) is 0.366. The van der Waals surface area contributed by atoms with Gasteiger partial charge < -0.3 is 9.84 Å². The standard InChI is InChI=1S/C24H18BrFN2O3/c1-15-9-11-21(28(15)23-8-4-7-20(27-23)24(29)30)18-13-17(25)10-12-22(18)31-14-16-5-2-3-6-19(16)26/h2-13H,14H2,1H3,(H,29,30).